The molecule has 0 saturated carbocycles. The molecule has 60 valence electrons. The number of phenols is 2. The summed E-state index contributed by atoms with van der Waals surface area (Å²) in [7, 11) is 0. The predicted octanol–water partition coefficient (Wildman–Crippen LogP) is 1.63. The fourth-order valence-electron chi connectivity index (χ4n) is 0.833. The smallest absolute Gasteiger partial charge is 0.126 e. The van der Waals surface area contributed by atoms with Crippen molar-refractivity contribution >= 4 is 6.08 Å². The van der Waals surface area contributed by atoms with Crippen molar-refractivity contribution < 1.29 is 10.2 Å². The molecule has 1 aromatic carbocycles. The monoisotopic (exact) mass is 161 g/mol. The summed E-state index contributed by atoms with van der Waals surface area (Å²) in [6, 6.07) is 6.17. The van der Waals surface area contributed by atoms with Gasteiger partial charge in [0.1, 0.15) is 11.5 Å². The van der Waals surface area contributed by atoms with Crippen molar-refractivity contribution in [1.29, 1.82) is 5.26 Å². The number of hydrogen-bond donors (Lipinski definition) is 2. The second-order valence-corrected chi connectivity index (χ2v) is 2.17. The molecule has 0 fully saturated rings. The van der Waals surface area contributed by atoms with Crippen molar-refractivity contribution in [2.75, 3.05) is 0 Å². The molecular weight excluding hydrogens is 154 g/mol. The zero-order chi connectivity index (χ0) is 8.97. The number of hydrogen-bond acceptors (Lipinski definition) is 3. The summed E-state index contributed by atoms with van der Waals surface area (Å²) in [5.74, 6) is -0.0806. The average molecular weight is 161 g/mol. The fraction of sp³-hybridized carbons (Fsp3) is 0. The van der Waals surface area contributed by atoms with E-state index in [-0.39, 0.29) is 17.1 Å². The highest BCUT2D eigenvalue weighted by Gasteiger charge is 2.01. The second-order valence-electron chi connectivity index (χ2n) is 2.17. The molecule has 0 aliphatic rings. The minimum Gasteiger partial charge on any atom is -0.507 e. The summed E-state index contributed by atoms with van der Waals surface area (Å²) in [6.45, 7) is 0. The Morgan fingerprint density at radius 1 is 1.25 bits per heavy atom. The second kappa shape index (κ2) is 3.44. The van der Waals surface area contributed by atoms with E-state index in [1.165, 1.54) is 30.4 Å². The summed E-state index contributed by atoms with van der Waals surface area (Å²) in [5, 5.41) is 26.6. The largest absolute Gasteiger partial charge is 0.507 e. The Morgan fingerprint density at radius 2 is 1.83 bits per heavy atom. The van der Waals surface area contributed by atoms with Crippen molar-refractivity contribution in [2.45, 2.75) is 0 Å². The van der Waals surface area contributed by atoms with E-state index in [1.807, 2.05) is 0 Å². The van der Waals surface area contributed by atoms with E-state index >= 15 is 0 Å². The molecule has 0 radical (unpaired) electrons. The van der Waals surface area contributed by atoms with E-state index in [9.17, 15) is 10.2 Å². The van der Waals surface area contributed by atoms with Gasteiger partial charge in [-0.3, -0.25) is 0 Å². The molecule has 0 spiro atoms. The highest BCUT2D eigenvalue weighted by atomic mass is 16.3. The van der Waals surface area contributed by atoms with Crippen LogP contribution in [0.2, 0.25) is 0 Å². The van der Waals surface area contributed by atoms with Gasteiger partial charge in [0.25, 0.3) is 0 Å². The Kier molecular flexibility index (Phi) is 2.34. The predicted molar refractivity (Wildman–Crippen MR) is 44.4 cm³/mol. The van der Waals surface area contributed by atoms with Gasteiger partial charge in [-0.2, -0.15) is 5.26 Å². The van der Waals surface area contributed by atoms with Crippen LogP contribution in [0.5, 0.6) is 11.5 Å². The van der Waals surface area contributed by atoms with Crippen LogP contribution < -0.4 is 0 Å². The van der Waals surface area contributed by atoms with Gasteiger partial charge in [0.15, 0.2) is 0 Å². The van der Waals surface area contributed by atoms with Gasteiger partial charge in [-0.1, -0.05) is 6.07 Å². The molecule has 1 rings (SSSR count). The van der Waals surface area contributed by atoms with Gasteiger partial charge >= 0.3 is 0 Å². The van der Waals surface area contributed by atoms with Gasteiger partial charge in [0.2, 0.25) is 0 Å². The van der Waals surface area contributed by atoms with Crippen LogP contribution in [0.1, 0.15) is 5.56 Å². The van der Waals surface area contributed by atoms with E-state index in [4.69, 9.17) is 5.26 Å². The van der Waals surface area contributed by atoms with Crippen LogP contribution in [0.3, 0.4) is 0 Å². The Morgan fingerprint density at radius 3 is 2.33 bits per heavy atom. The standard InChI is InChI=1S/C9H7NO2/c10-6-2-3-7-8(11)4-1-5-9(7)12/h1-5,11-12H. The first-order valence-corrected chi connectivity index (χ1v) is 3.33. The van der Waals surface area contributed by atoms with Crippen LogP contribution in [0.4, 0.5) is 0 Å². The minimum absolute atomic E-state index is 0.0403. The number of rotatable bonds is 1. The Labute approximate surface area is 69.8 Å². The lowest BCUT2D eigenvalue weighted by Crippen LogP contribution is -1.75. The lowest BCUT2D eigenvalue weighted by Gasteiger charge is -1.99. The highest BCUT2D eigenvalue weighted by Crippen LogP contribution is 2.27. The number of nitriles is 1. The molecule has 0 aliphatic carbocycles. The lowest BCUT2D eigenvalue weighted by atomic mass is 10.1. The maximum Gasteiger partial charge on any atom is 0.126 e. The first-order valence-electron chi connectivity index (χ1n) is 3.33. The maximum absolute atomic E-state index is 9.20. The molecule has 3 heteroatoms. The molecule has 0 aromatic heterocycles. The van der Waals surface area contributed by atoms with Crippen LogP contribution in [0.15, 0.2) is 24.3 Å². The minimum atomic E-state index is -0.0403. The number of aromatic hydroxyl groups is 2. The number of benzene rings is 1. The van der Waals surface area contributed by atoms with E-state index in [0.29, 0.717) is 0 Å². The normalized spacial score (nSPS) is 9.92. The Bertz CT molecular complexity index is 330. The van der Waals surface area contributed by atoms with Crippen molar-refractivity contribution in [3.05, 3.63) is 29.8 Å². The summed E-state index contributed by atoms with van der Waals surface area (Å²) in [5.41, 5.74) is 0.263. The Balaban J connectivity index is 3.15. The quantitative estimate of drug-likeness (QED) is 0.615. The van der Waals surface area contributed by atoms with E-state index in [1.54, 1.807) is 6.07 Å². The first-order chi connectivity index (χ1) is 5.75. The summed E-state index contributed by atoms with van der Waals surface area (Å²) in [6.07, 6.45) is 2.54. The summed E-state index contributed by atoms with van der Waals surface area (Å²) < 4.78 is 0. The van der Waals surface area contributed by atoms with Gasteiger partial charge in [-0.25, -0.2) is 0 Å². The number of phenolic OH excluding ortho intramolecular Hbond substituents is 2. The van der Waals surface area contributed by atoms with Gasteiger partial charge in [0, 0.05) is 6.08 Å². The highest BCUT2D eigenvalue weighted by molar-refractivity contribution is 5.64. The van der Waals surface area contributed by atoms with Gasteiger partial charge < -0.3 is 10.2 Å². The van der Waals surface area contributed by atoms with Crippen LogP contribution in [0, 0.1) is 11.3 Å². The van der Waals surface area contributed by atoms with Crippen LogP contribution in [-0.4, -0.2) is 10.2 Å². The third-order valence-electron chi connectivity index (χ3n) is 1.38. The lowest BCUT2D eigenvalue weighted by molar-refractivity contribution is 0.448. The maximum atomic E-state index is 9.20. The van der Waals surface area contributed by atoms with Crippen molar-refractivity contribution in [3.63, 3.8) is 0 Å². The molecule has 0 aliphatic heterocycles. The number of allylic oxidation sites excluding steroid dienone is 1. The zero-order valence-corrected chi connectivity index (χ0v) is 6.23. The summed E-state index contributed by atoms with van der Waals surface area (Å²) >= 11 is 0. The molecule has 12 heavy (non-hydrogen) atoms. The van der Waals surface area contributed by atoms with E-state index in [0.717, 1.165) is 0 Å². The average Bonchev–Trinajstić information content (AvgIpc) is 2.04. The van der Waals surface area contributed by atoms with Gasteiger partial charge in [0.05, 0.1) is 11.6 Å². The van der Waals surface area contributed by atoms with Gasteiger partial charge in [-0.15, -0.1) is 0 Å². The van der Waals surface area contributed by atoms with Crippen LogP contribution in [0.25, 0.3) is 6.08 Å². The fourth-order valence-corrected chi connectivity index (χ4v) is 0.833. The van der Waals surface area contributed by atoms with Crippen LogP contribution >= 0.6 is 0 Å². The molecule has 3 nitrogen and oxygen atoms in total. The first kappa shape index (κ1) is 8.15. The number of nitrogens with zero attached hydrogens (tertiary/aromatic N) is 1. The molecule has 0 unspecified atom stereocenters. The molecule has 2 N–H and O–H groups in total. The SMILES string of the molecule is N#CC=Cc1c(O)cccc1O. The van der Waals surface area contributed by atoms with E-state index in [2.05, 4.69) is 0 Å². The molecule has 0 heterocycles. The molecule has 1 aromatic rings. The molecule has 0 bridgehead atoms. The third-order valence-corrected chi connectivity index (χ3v) is 1.38. The topological polar surface area (TPSA) is 64.2 Å². The van der Waals surface area contributed by atoms with Gasteiger partial charge in [-0.05, 0) is 18.2 Å². The Hall–Kier alpha value is -1.95. The third kappa shape index (κ3) is 1.55. The zero-order valence-electron chi connectivity index (χ0n) is 6.23. The molecule has 0 amide bonds. The molecular formula is C9H7NO2. The molecule has 0 atom stereocenters. The van der Waals surface area contributed by atoms with Crippen LogP contribution in [-0.2, 0) is 0 Å². The van der Waals surface area contributed by atoms with Crippen molar-refractivity contribution in [2.24, 2.45) is 0 Å². The van der Waals surface area contributed by atoms with Crippen molar-refractivity contribution in [3.8, 4) is 17.6 Å². The summed E-state index contributed by atoms with van der Waals surface area (Å²) in [4.78, 5) is 0. The van der Waals surface area contributed by atoms with Crippen molar-refractivity contribution in [1.82, 2.24) is 0 Å². The molecule has 0 saturated heterocycles. The van der Waals surface area contributed by atoms with E-state index < -0.39 is 0 Å².